The van der Waals surface area contributed by atoms with Crippen molar-refractivity contribution in [3.63, 3.8) is 0 Å². The summed E-state index contributed by atoms with van der Waals surface area (Å²) in [7, 11) is -4.09. The predicted molar refractivity (Wildman–Crippen MR) is 120 cm³/mol. The van der Waals surface area contributed by atoms with Gasteiger partial charge in [0.2, 0.25) is 5.13 Å². The van der Waals surface area contributed by atoms with Gasteiger partial charge in [-0.3, -0.25) is 14.8 Å². The van der Waals surface area contributed by atoms with Crippen LogP contribution in [0.1, 0.15) is 53.5 Å². The van der Waals surface area contributed by atoms with Crippen molar-refractivity contribution in [1.29, 1.82) is 0 Å². The number of amides is 1. The molecule has 1 heterocycles. The van der Waals surface area contributed by atoms with Crippen LogP contribution in [0.2, 0.25) is 0 Å². The fourth-order valence-corrected chi connectivity index (χ4v) is 5.11. The van der Waals surface area contributed by atoms with Crippen LogP contribution < -0.4 is 10.0 Å². The third-order valence-electron chi connectivity index (χ3n) is 4.88. The SMILES string of the molecule is CCC(CC)c1nnc(NC(=O)c2cc(S(=O)(=O)Nc3ccccc3F)ccc2C)s1. The number of hydrogen-bond acceptors (Lipinski definition) is 6. The Morgan fingerprint density at radius 3 is 2.52 bits per heavy atom. The van der Waals surface area contributed by atoms with E-state index in [-0.39, 0.29) is 22.1 Å². The van der Waals surface area contributed by atoms with Gasteiger partial charge in [-0.15, -0.1) is 10.2 Å². The average molecular weight is 463 g/mol. The molecule has 1 aromatic heterocycles. The van der Waals surface area contributed by atoms with E-state index in [4.69, 9.17) is 0 Å². The van der Waals surface area contributed by atoms with Crippen molar-refractivity contribution in [1.82, 2.24) is 10.2 Å². The van der Waals surface area contributed by atoms with Crippen LogP contribution >= 0.6 is 11.3 Å². The van der Waals surface area contributed by atoms with Crippen LogP contribution in [-0.2, 0) is 10.0 Å². The number of aromatic nitrogens is 2. The third-order valence-corrected chi connectivity index (χ3v) is 7.24. The van der Waals surface area contributed by atoms with E-state index in [9.17, 15) is 17.6 Å². The number of aryl methyl sites for hydroxylation is 1. The molecule has 0 saturated carbocycles. The van der Waals surface area contributed by atoms with E-state index in [1.807, 2.05) is 0 Å². The largest absolute Gasteiger partial charge is 0.296 e. The lowest BCUT2D eigenvalue weighted by Crippen LogP contribution is -2.17. The maximum absolute atomic E-state index is 13.9. The van der Waals surface area contributed by atoms with Crippen molar-refractivity contribution in [2.75, 3.05) is 10.0 Å². The van der Waals surface area contributed by atoms with Gasteiger partial charge in [0.15, 0.2) is 0 Å². The van der Waals surface area contributed by atoms with Crippen molar-refractivity contribution in [2.24, 2.45) is 0 Å². The van der Waals surface area contributed by atoms with Crippen LogP contribution in [0.4, 0.5) is 15.2 Å². The number of anilines is 2. The van der Waals surface area contributed by atoms with E-state index in [1.54, 1.807) is 6.92 Å². The van der Waals surface area contributed by atoms with E-state index in [0.717, 1.165) is 23.9 Å². The molecule has 0 spiro atoms. The summed E-state index contributed by atoms with van der Waals surface area (Å²) in [5, 5.41) is 12.1. The lowest BCUT2D eigenvalue weighted by molar-refractivity contribution is 0.102. The molecule has 2 N–H and O–H groups in total. The summed E-state index contributed by atoms with van der Waals surface area (Å²) in [4.78, 5) is 12.6. The standard InChI is InChI=1S/C21H23FN4O3S2/c1-4-14(5-2)20-24-25-21(30-20)23-19(27)16-12-15(11-10-13(16)3)31(28,29)26-18-9-7-6-8-17(18)22/h6-12,14,26H,4-5H2,1-3H3,(H,23,25,27). The number of nitrogens with zero attached hydrogens (tertiary/aromatic N) is 2. The van der Waals surface area contributed by atoms with Crippen LogP contribution in [0.15, 0.2) is 47.4 Å². The van der Waals surface area contributed by atoms with Crippen LogP contribution in [-0.4, -0.2) is 24.5 Å². The van der Waals surface area contributed by atoms with E-state index < -0.39 is 21.7 Å². The number of carbonyl (C=O) groups is 1. The van der Waals surface area contributed by atoms with E-state index in [1.165, 1.54) is 47.7 Å². The predicted octanol–water partition coefficient (Wildman–Crippen LogP) is 4.94. The summed E-state index contributed by atoms with van der Waals surface area (Å²) < 4.78 is 41.5. The second-order valence-electron chi connectivity index (χ2n) is 6.98. The van der Waals surface area contributed by atoms with Gasteiger partial charge in [0.25, 0.3) is 15.9 Å². The molecular formula is C21H23FN4O3S2. The number of hydrogen-bond donors (Lipinski definition) is 2. The maximum atomic E-state index is 13.9. The number of para-hydroxylation sites is 1. The van der Waals surface area contributed by atoms with Gasteiger partial charge in [-0.2, -0.15) is 0 Å². The first-order valence-electron chi connectivity index (χ1n) is 9.77. The Morgan fingerprint density at radius 2 is 1.84 bits per heavy atom. The zero-order valence-corrected chi connectivity index (χ0v) is 19.0. The second kappa shape index (κ2) is 9.52. The molecule has 0 atom stereocenters. The number of carbonyl (C=O) groups excluding carboxylic acids is 1. The molecule has 0 saturated heterocycles. The van der Waals surface area contributed by atoms with Crippen molar-refractivity contribution < 1.29 is 17.6 Å². The number of sulfonamides is 1. The Morgan fingerprint density at radius 1 is 1.13 bits per heavy atom. The summed E-state index contributed by atoms with van der Waals surface area (Å²) in [6, 6.07) is 9.62. The summed E-state index contributed by atoms with van der Waals surface area (Å²) in [6.45, 7) is 5.84. The molecule has 7 nitrogen and oxygen atoms in total. The minimum Gasteiger partial charge on any atom is -0.296 e. The molecule has 10 heteroatoms. The molecule has 0 unspecified atom stereocenters. The van der Waals surface area contributed by atoms with Gasteiger partial charge in [0.05, 0.1) is 10.6 Å². The zero-order valence-electron chi connectivity index (χ0n) is 17.3. The first-order chi connectivity index (χ1) is 14.7. The van der Waals surface area contributed by atoms with Crippen molar-refractivity contribution in [3.05, 3.63) is 64.4 Å². The quantitative estimate of drug-likeness (QED) is 0.494. The van der Waals surface area contributed by atoms with Crippen LogP contribution in [0.3, 0.4) is 0 Å². The van der Waals surface area contributed by atoms with Crippen LogP contribution in [0.5, 0.6) is 0 Å². The molecule has 3 aromatic rings. The van der Waals surface area contributed by atoms with Crippen molar-refractivity contribution >= 4 is 38.1 Å². The van der Waals surface area contributed by atoms with Gasteiger partial charge in [-0.05, 0) is 49.6 Å². The summed E-state index contributed by atoms with van der Waals surface area (Å²) in [5.41, 5.74) is 0.597. The van der Waals surface area contributed by atoms with Gasteiger partial charge in [0, 0.05) is 11.5 Å². The number of rotatable bonds is 8. The lowest BCUT2D eigenvalue weighted by atomic mass is 10.1. The van der Waals surface area contributed by atoms with Crippen molar-refractivity contribution in [3.8, 4) is 0 Å². The monoisotopic (exact) mass is 462 g/mol. The van der Waals surface area contributed by atoms with Gasteiger partial charge >= 0.3 is 0 Å². The van der Waals surface area contributed by atoms with Gasteiger partial charge in [-0.1, -0.05) is 43.4 Å². The smallest absolute Gasteiger partial charge is 0.262 e. The summed E-state index contributed by atoms with van der Waals surface area (Å²) in [6.07, 6.45) is 1.85. The van der Waals surface area contributed by atoms with Gasteiger partial charge < -0.3 is 0 Å². The first-order valence-corrected chi connectivity index (χ1v) is 12.1. The maximum Gasteiger partial charge on any atom is 0.262 e. The minimum atomic E-state index is -4.09. The molecule has 164 valence electrons. The van der Waals surface area contributed by atoms with E-state index in [0.29, 0.717) is 10.7 Å². The normalized spacial score (nSPS) is 11.5. The number of halogens is 1. The highest BCUT2D eigenvalue weighted by Gasteiger charge is 2.21. The molecule has 0 aliphatic carbocycles. The second-order valence-corrected chi connectivity index (χ2v) is 9.67. The molecule has 3 rings (SSSR count). The van der Waals surface area contributed by atoms with Gasteiger partial charge in [-0.25, -0.2) is 12.8 Å². The minimum absolute atomic E-state index is 0.151. The lowest BCUT2D eigenvalue weighted by Gasteiger charge is -2.11. The third kappa shape index (κ3) is 5.26. The molecule has 1 amide bonds. The molecule has 31 heavy (non-hydrogen) atoms. The van der Waals surface area contributed by atoms with E-state index >= 15 is 0 Å². The Kier molecular flexibility index (Phi) is 7.01. The Balaban J connectivity index is 1.83. The zero-order chi connectivity index (χ0) is 22.6. The molecule has 0 aliphatic heterocycles. The highest BCUT2D eigenvalue weighted by molar-refractivity contribution is 7.92. The fraction of sp³-hybridized carbons (Fsp3) is 0.286. The Labute approximate surface area is 184 Å². The summed E-state index contributed by atoms with van der Waals surface area (Å²) >= 11 is 1.31. The Hall–Kier alpha value is -2.85. The van der Waals surface area contributed by atoms with E-state index in [2.05, 4.69) is 34.1 Å². The highest BCUT2D eigenvalue weighted by Crippen LogP contribution is 2.28. The molecular weight excluding hydrogens is 439 g/mol. The molecule has 0 bridgehead atoms. The topological polar surface area (TPSA) is 101 Å². The van der Waals surface area contributed by atoms with Crippen LogP contribution in [0, 0.1) is 12.7 Å². The molecule has 0 radical (unpaired) electrons. The number of benzene rings is 2. The van der Waals surface area contributed by atoms with Gasteiger partial charge in [0.1, 0.15) is 10.8 Å². The Bertz CT molecular complexity index is 1190. The fourth-order valence-electron chi connectivity index (χ4n) is 3.01. The average Bonchev–Trinajstić information content (AvgIpc) is 3.18. The first kappa shape index (κ1) is 22.8. The van der Waals surface area contributed by atoms with Crippen molar-refractivity contribution in [2.45, 2.75) is 44.4 Å². The summed E-state index contributed by atoms with van der Waals surface area (Å²) in [5.74, 6) is -0.906. The number of nitrogens with one attached hydrogen (secondary N) is 2. The van der Waals surface area contributed by atoms with Crippen LogP contribution in [0.25, 0.3) is 0 Å². The molecule has 2 aromatic carbocycles. The molecule has 0 fully saturated rings. The highest BCUT2D eigenvalue weighted by atomic mass is 32.2. The molecule has 0 aliphatic rings.